The Kier molecular flexibility index (Phi) is 5.70. The monoisotopic (exact) mass is 353 g/mol. The van der Waals surface area contributed by atoms with E-state index in [1.54, 1.807) is 12.5 Å². The summed E-state index contributed by atoms with van der Waals surface area (Å²) in [6, 6.07) is 5.93. The molecule has 0 aliphatic rings. The topological polar surface area (TPSA) is 43.6 Å². The molecule has 1 unspecified atom stereocenters. The van der Waals surface area contributed by atoms with Crippen molar-refractivity contribution in [2.24, 2.45) is 0 Å². The summed E-state index contributed by atoms with van der Waals surface area (Å²) in [5.41, 5.74) is 2.13. The summed E-state index contributed by atoms with van der Waals surface area (Å²) in [6.07, 6.45) is 3.41. The van der Waals surface area contributed by atoms with Crippen molar-refractivity contribution >= 4 is 15.9 Å². The second-order valence-corrected chi connectivity index (χ2v) is 5.32. The van der Waals surface area contributed by atoms with Gasteiger partial charge in [-0.3, -0.25) is 0 Å². The molecule has 1 aromatic carbocycles. The molecule has 1 N–H and O–H groups in total. The third-order valence-electron chi connectivity index (χ3n) is 3.14. The lowest BCUT2D eigenvalue weighted by atomic mass is 10.0. The van der Waals surface area contributed by atoms with Gasteiger partial charge in [0.15, 0.2) is 11.5 Å². The van der Waals surface area contributed by atoms with Gasteiger partial charge in [-0.25, -0.2) is 0 Å². The Labute approximate surface area is 133 Å². The van der Waals surface area contributed by atoms with Crippen LogP contribution >= 0.6 is 15.9 Å². The molecule has 0 radical (unpaired) electrons. The Morgan fingerprint density at radius 3 is 2.38 bits per heavy atom. The van der Waals surface area contributed by atoms with Gasteiger partial charge in [-0.1, -0.05) is 15.9 Å². The highest BCUT2D eigenvalue weighted by Gasteiger charge is 2.19. The SMILES string of the molecule is CCOc1cc(Br)c(C(NC)c2ccoc2)cc1OCC. The number of rotatable bonds is 7. The van der Waals surface area contributed by atoms with Crippen LogP contribution in [0.5, 0.6) is 11.5 Å². The second-order valence-electron chi connectivity index (χ2n) is 4.46. The Balaban J connectivity index is 2.45. The lowest BCUT2D eigenvalue weighted by Gasteiger charge is -2.20. The average molecular weight is 354 g/mol. The van der Waals surface area contributed by atoms with E-state index in [1.165, 1.54) is 0 Å². The molecule has 0 saturated carbocycles. The molecular weight excluding hydrogens is 334 g/mol. The number of halogens is 1. The van der Waals surface area contributed by atoms with Crippen molar-refractivity contribution in [3.05, 3.63) is 46.3 Å². The van der Waals surface area contributed by atoms with Crippen LogP contribution in [0.1, 0.15) is 31.0 Å². The zero-order valence-electron chi connectivity index (χ0n) is 12.5. The number of nitrogens with one attached hydrogen (secondary N) is 1. The van der Waals surface area contributed by atoms with E-state index in [-0.39, 0.29) is 6.04 Å². The highest BCUT2D eigenvalue weighted by molar-refractivity contribution is 9.10. The van der Waals surface area contributed by atoms with Crippen LogP contribution in [0.15, 0.2) is 39.6 Å². The molecule has 1 atom stereocenters. The van der Waals surface area contributed by atoms with E-state index in [9.17, 15) is 0 Å². The quantitative estimate of drug-likeness (QED) is 0.811. The van der Waals surface area contributed by atoms with E-state index in [0.717, 1.165) is 27.1 Å². The lowest BCUT2D eigenvalue weighted by molar-refractivity contribution is 0.287. The van der Waals surface area contributed by atoms with Crippen LogP contribution in [-0.4, -0.2) is 20.3 Å². The molecule has 0 aliphatic heterocycles. The van der Waals surface area contributed by atoms with Gasteiger partial charge in [0.25, 0.3) is 0 Å². The van der Waals surface area contributed by atoms with Gasteiger partial charge in [-0.15, -0.1) is 0 Å². The van der Waals surface area contributed by atoms with E-state index in [2.05, 4.69) is 21.2 Å². The smallest absolute Gasteiger partial charge is 0.162 e. The van der Waals surface area contributed by atoms with E-state index < -0.39 is 0 Å². The normalized spacial score (nSPS) is 12.2. The molecule has 114 valence electrons. The van der Waals surface area contributed by atoms with Crippen molar-refractivity contribution < 1.29 is 13.9 Å². The largest absolute Gasteiger partial charge is 0.490 e. The average Bonchev–Trinajstić information content (AvgIpc) is 2.98. The molecule has 0 amide bonds. The molecule has 1 heterocycles. The minimum Gasteiger partial charge on any atom is -0.490 e. The third-order valence-corrected chi connectivity index (χ3v) is 3.83. The minimum atomic E-state index is 0.0213. The van der Waals surface area contributed by atoms with Crippen LogP contribution in [0.2, 0.25) is 0 Å². The summed E-state index contributed by atoms with van der Waals surface area (Å²) in [6.45, 7) is 5.11. The molecule has 2 rings (SSSR count). The van der Waals surface area contributed by atoms with Gasteiger partial charge in [0.2, 0.25) is 0 Å². The maximum atomic E-state index is 5.70. The Morgan fingerprint density at radius 1 is 1.19 bits per heavy atom. The van der Waals surface area contributed by atoms with E-state index >= 15 is 0 Å². The van der Waals surface area contributed by atoms with Gasteiger partial charge in [0.05, 0.1) is 31.8 Å². The summed E-state index contributed by atoms with van der Waals surface area (Å²) in [5.74, 6) is 1.50. The van der Waals surface area contributed by atoms with Crippen LogP contribution in [0, 0.1) is 0 Å². The fourth-order valence-corrected chi connectivity index (χ4v) is 2.80. The first kappa shape index (κ1) is 15.9. The molecule has 21 heavy (non-hydrogen) atoms. The second kappa shape index (κ2) is 7.52. The van der Waals surface area contributed by atoms with Gasteiger partial charge in [-0.05, 0) is 44.7 Å². The highest BCUT2D eigenvalue weighted by atomic mass is 79.9. The van der Waals surface area contributed by atoms with Crippen molar-refractivity contribution in [1.29, 1.82) is 0 Å². The fourth-order valence-electron chi connectivity index (χ4n) is 2.25. The fraction of sp³-hybridized carbons (Fsp3) is 0.375. The molecule has 0 spiro atoms. The zero-order valence-corrected chi connectivity index (χ0v) is 14.1. The predicted octanol–water partition coefficient (Wildman–Crippen LogP) is 4.15. The van der Waals surface area contributed by atoms with Crippen molar-refractivity contribution in [3.63, 3.8) is 0 Å². The van der Waals surface area contributed by atoms with Crippen LogP contribution in [0.25, 0.3) is 0 Å². The number of ether oxygens (including phenoxy) is 2. The van der Waals surface area contributed by atoms with E-state index in [4.69, 9.17) is 13.9 Å². The first-order chi connectivity index (χ1) is 10.2. The maximum absolute atomic E-state index is 5.70. The molecular formula is C16H20BrNO3. The van der Waals surface area contributed by atoms with Crippen molar-refractivity contribution in [2.75, 3.05) is 20.3 Å². The van der Waals surface area contributed by atoms with Crippen LogP contribution < -0.4 is 14.8 Å². The molecule has 5 heteroatoms. The third kappa shape index (κ3) is 3.60. The van der Waals surface area contributed by atoms with E-state index in [1.807, 2.05) is 39.1 Å². The number of benzene rings is 1. The van der Waals surface area contributed by atoms with Gasteiger partial charge >= 0.3 is 0 Å². The van der Waals surface area contributed by atoms with Gasteiger partial charge < -0.3 is 19.2 Å². The lowest BCUT2D eigenvalue weighted by Crippen LogP contribution is -2.17. The first-order valence-electron chi connectivity index (χ1n) is 6.99. The number of hydrogen-bond acceptors (Lipinski definition) is 4. The summed E-state index contributed by atoms with van der Waals surface area (Å²) in [5, 5.41) is 3.30. The number of furan rings is 1. The molecule has 0 fully saturated rings. The molecule has 1 aromatic heterocycles. The van der Waals surface area contributed by atoms with Crippen LogP contribution in [-0.2, 0) is 0 Å². The predicted molar refractivity (Wildman–Crippen MR) is 86.1 cm³/mol. The molecule has 4 nitrogen and oxygen atoms in total. The Morgan fingerprint density at radius 2 is 1.86 bits per heavy atom. The van der Waals surface area contributed by atoms with Gasteiger partial charge in [-0.2, -0.15) is 0 Å². The van der Waals surface area contributed by atoms with Crippen molar-refractivity contribution in [2.45, 2.75) is 19.9 Å². The summed E-state index contributed by atoms with van der Waals surface area (Å²) in [7, 11) is 1.92. The standard InChI is InChI=1S/C16H20BrNO3/c1-4-20-14-8-12(13(17)9-15(14)21-5-2)16(18-3)11-6-7-19-10-11/h6-10,16,18H,4-5H2,1-3H3. The van der Waals surface area contributed by atoms with Crippen molar-refractivity contribution in [3.8, 4) is 11.5 Å². The summed E-state index contributed by atoms with van der Waals surface area (Å²) >= 11 is 3.62. The van der Waals surface area contributed by atoms with Gasteiger partial charge in [0.1, 0.15) is 0 Å². The first-order valence-corrected chi connectivity index (χ1v) is 7.78. The summed E-state index contributed by atoms with van der Waals surface area (Å²) < 4.78 is 17.5. The maximum Gasteiger partial charge on any atom is 0.162 e. The van der Waals surface area contributed by atoms with E-state index in [0.29, 0.717) is 13.2 Å². The van der Waals surface area contributed by atoms with Gasteiger partial charge in [0, 0.05) is 10.0 Å². The van der Waals surface area contributed by atoms with Crippen LogP contribution in [0.3, 0.4) is 0 Å². The Bertz CT molecular complexity index is 569. The molecule has 0 aliphatic carbocycles. The van der Waals surface area contributed by atoms with Crippen LogP contribution in [0.4, 0.5) is 0 Å². The minimum absolute atomic E-state index is 0.0213. The number of hydrogen-bond donors (Lipinski definition) is 1. The zero-order chi connectivity index (χ0) is 15.2. The molecule has 0 saturated heterocycles. The molecule has 2 aromatic rings. The highest BCUT2D eigenvalue weighted by Crippen LogP contribution is 2.38. The summed E-state index contributed by atoms with van der Waals surface area (Å²) in [4.78, 5) is 0. The molecule has 0 bridgehead atoms. The van der Waals surface area contributed by atoms with Crippen molar-refractivity contribution in [1.82, 2.24) is 5.32 Å². The Hall–Kier alpha value is -1.46.